The van der Waals surface area contributed by atoms with Crippen LogP contribution in [0.4, 0.5) is 0 Å². The van der Waals surface area contributed by atoms with Crippen LogP contribution in [0.5, 0.6) is 0 Å². The minimum Gasteiger partial charge on any atom is -0.348 e. The Bertz CT molecular complexity index is 639. The first kappa shape index (κ1) is 15.4. The van der Waals surface area contributed by atoms with Crippen molar-refractivity contribution in [3.05, 3.63) is 23.5 Å². The number of nitrogens with one attached hydrogen (secondary N) is 1. The summed E-state index contributed by atoms with van der Waals surface area (Å²) in [6.45, 7) is 0. The average Bonchev–Trinajstić information content (AvgIpc) is 3.10. The van der Waals surface area contributed by atoms with E-state index < -0.39 is 0 Å². The van der Waals surface area contributed by atoms with Gasteiger partial charge in [-0.25, -0.2) is 9.97 Å². The van der Waals surface area contributed by atoms with E-state index in [2.05, 4.69) is 20.3 Å². The fourth-order valence-corrected chi connectivity index (χ4v) is 3.55. The lowest BCUT2D eigenvalue weighted by molar-refractivity contribution is 0.0922. The summed E-state index contributed by atoms with van der Waals surface area (Å²) in [5, 5.41) is 3.91. The zero-order chi connectivity index (χ0) is 15.4. The van der Waals surface area contributed by atoms with Crippen molar-refractivity contribution in [2.75, 3.05) is 6.26 Å². The minimum absolute atomic E-state index is 0.102. The van der Waals surface area contributed by atoms with Gasteiger partial charge in [0.1, 0.15) is 10.7 Å². The van der Waals surface area contributed by atoms with Gasteiger partial charge in [-0.15, -0.1) is 23.1 Å². The Labute approximate surface area is 138 Å². The molecule has 0 saturated heterocycles. The first-order valence-corrected chi connectivity index (χ1v) is 9.49. The standard InChI is InChI=1S/C15H18N4OS2/c1-21-13-7-11(15(20)17-10-5-3-2-4-6-10)18-14(19-13)12-8-16-9-22-12/h7-10H,2-6H2,1H3,(H,17,20). The molecular formula is C15H18N4OS2. The predicted octanol–water partition coefficient (Wildman–Crippen LogP) is 3.38. The molecular weight excluding hydrogens is 316 g/mol. The molecule has 1 fully saturated rings. The van der Waals surface area contributed by atoms with Crippen LogP contribution in [-0.4, -0.2) is 33.2 Å². The largest absolute Gasteiger partial charge is 0.348 e. The van der Waals surface area contributed by atoms with Crippen LogP contribution >= 0.6 is 23.1 Å². The Morgan fingerprint density at radius 3 is 2.82 bits per heavy atom. The molecule has 1 aliphatic carbocycles. The molecule has 1 N–H and O–H groups in total. The normalized spacial score (nSPS) is 15.7. The summed E-state index contributed by atoms with van der Waals surface area (Å²) in [6, 6.07) is 2.04. The fourth-order valence-electron chi connectivity index (χ4n) is 2.59. The van der Waals surface area contributed by atoms with Gasteiger partial charge in [0.25, 0.3) is 5.91 Å². The topological polar surface area (TPSA) is 67.8 Å². The van der Waals surface area contributed by atoms with Crippen LogP contribution < -0.4 is 5.32 Å². The molecule has 0 spiro atoms. The molecule has 22 heavy (non-hydrogen) atoms. The highest BCUT2D eigenvalue weighted by Crippen LogP contribution is 2.23. The summed E-state index contributed by atoms with van der Waals surface area (Å²) in [6.07, 6.45) is 9.45. The molecule has 0 bridgehead atoms. The van der Waals surface area contributed by atoms with Crippen LogP contribution in [0.15, 0.2) is 22.8 Å². The van der Waals surface area contributed by atoms with E-state index in [0.717, 1.165) is 22.7 Å². The molecule has 2 aromatic rings. The Balaban J connectivity index is 1.82. The molecule has 2 aromatic heterocycles. The number of carbonyl (C=O) groups is 1. The molecule has 1 amide bonds. The third kappa shape index (κ3) is 3.64. The van der Waals surface area contributed by atoms with Crippen LogP contribution in [-0.2, 0) is 0 Å². The quantitative estimate of drug-likeness (QED) is 0.686. The van der Waals surface area contributed by atoms with E-state index in [-0.39, 0.29) is 11.9 Å². The van der Waals surface area contributed by atoms with E-state index in [4.69, 9.17) is 0 Å². The van der Waals surface area contributed by atoms with Crippen molar-refractivity contribution in [1.29, 1.82) is 0 Å². The number of hydrogen-bond donors (Lipinski definition) is 1. The number of amides is 1. The van der Waals surface area contributed by atoms with E-state index in [9.17, 15) is 4.79 Å². The van der Waals surface area contributed by atoms with Crippen molar-refractivity contribution < 1.29 is 4.79 Å². The molecule has 0 aliphatic heterocycles. The first-order chi connectivity index (χ1) is 10.8. The lowest BCUT2D eigenvalue weighted by atomic mass is 9.95. The molecule has 1 aliphatic rings. The molecule has 2 heterocycles. The maximum Gasteiger partial charge on any atom is 0.270 e. The van der Waals surface area contributed by atoms with Gasteiger partial charge in [-0.1, -0.05) is 19.3 Å². The zero-order valence-corrected chi connectivity index (χ0v) is 14.0. The lowest BCUT2D eigenvalue weighted by Gasteiger charge is -2.22. The molecule has 116 valence electrons. The molecule has 0 aromatic carbocycles. The summed E-state index contributed by atoms with van der Waals surface area (Å²) in [4.78, 5) is 26.3. The Morgan fingerprint density at radius 1 is 1.32 bits per heavy atom. The summed E-state index contributed by atoms with van der Waals surface area (Å²) in [5.74, 6) is 0.471. The minimum atomic E-state index is -0.102. The smallest absolute Gasteiger partial charge is 0.270 e. The van der Waals surface area contributed by atoms with Crippen molar-refractivity contribution >= 4 is 29.0 Å². The molecule has 0 atom stereocenters. The number of thioether (sulfide) groups is 1. The SMILES string of the molecule is CSc1cc(C(=O)NC2CCCCC2)nc(-c2cncs2)n1. The second kappa shape index (κ2) is 7.19. The summed E-state index contributed by atoms with van der Waals surface area (Å²) in [7, 11) is 0. The maximum atomic E-state index is 12.5. The number of nitrogens with zero attached hydrogens (tertiary/aromatic N) is 3. The number of carbonyl (C=O) groups excluding carboxylic acids is 1. The van der Waals surface area contributed by atoms with Gasteiger partial charge in [0.15, 0.2) is 5.82 Å². The summed E-state index contributed by atoms with van der Waals surface area (Å²) >= 11 is 2.99. The van der Waals surface area contributed by atoms with Crippen molar-refractivity contribution in [2.45, 2.75) is 43.2 Å². The summed E-state index contributed by atoms with van der Waals surface area (Å²) in [5.41, 5.74) is 2.18. The average molecular weight is 334 g/mol. The van der Waals surface area contributed by atoms with Crippen LogP contribution in [0, 0.1) is 0 Å². The van der Waals surface area contributed by atoms with Crippen LogP contribution in [0.25, 0.3) is 10.7 Å². The second-order valence-electron chi connectivity index (χ2n) is 5.29. The zero-order valence-electron chi connectivity index (χ0n) is 12.4. The van der Waals surface area contributed by atoms with Crippen LogP contribution in [0.1, 0.15) is 42.6 Å². The molecule has 7 heteroatoms. The molecule has 3 rings (SSSR count). The second-order valence-corrected chi connectivity index (χ2v) is 7.01. The Hall–Kier alpha value is -1.47. The predicted molar refractivity (Wildman–Crippen MR) is 89.3 cm³/mol. The fraction of sp³-hybridized carbons (Fsp3) is 0.467. The van der Waals surface area contributed by atoms with E-state index in [1.165, 1.54) is 42.4 Å². The molecule has 0 radical (unpaired) electrons. The van der Waals surface area contributed by atoms with Crippen LogP contribution in [0.2, 0.25) is 0 Å². The Kier molecular flexibility index (Phi) is 5.04. The molecule has 5 nitrogen and oxygen atoms in total. The van der Waals surface area contributed by atoms with Gasteiger partial charge >= 0.3 is 0 Å². The maximum absolute atomic E-state index is 12.5. The van der Waals surface area contributed by atoms with E-state index >= 15 is 0 Å². The molecule has 1 saturated carbocycles. The number of thiazole rings is 1. The van der Waals surface area contributed by atoms with Gasteiger partial charge in [0, 0.05) is 18.3 Å². The van der Waals surface area contributed by atoms with Crippen molar-refractivity contribution in [2.24, 2.45) is 0 Å². The molecule has 0 unspecified atom stereocenters. The van der Waals surface area contributed by atoms with E-state index in [1.54, 1.807) is 17.8 Å². The van der Waals surface area contributed by atoms with Crippen molar-refractivity contribution in [1.82, 2.24) is 20.3 Å². The number of hydrogen-bond acceptors (Lipinski definition) is 6. The third-order valence-electron chi connectivity index (χ3n) is 3.74. The number of aromatic nitrogens is 3. The Morgan fingerprint density at radius 2 is 2.14 bits per heavy atom. The van der Waals surface area contributed by atoms with Gasteiger partial charge in [0.2, 0.25) is 0 Å². The first-order valence-electron chi connectivity index (χ1n) is 7.39. The monoisotopic (exact) mass is 334 g/mol. The van der Waals surface area contributed by atoms with Gasteiger partial charge < -0.3 is 5.32 Å². The van der Waals surface area contributed by atoms with Gasteiger partial charge in [0.05, 0.1) is 10.4 Å². The highest BCUT2D eigenvalue weighted by atomic mass is 32.2. The van der Waals surface area contributed by atoms with Gasteiger partial charge in [-0.05, 0) is 19.1 Å². The van der Waals surface area contributed by atoms with Gasteiger partial charge in [-0.2, -0.15) is 0 Å². The highest BCUT2D eigenvalue weighted by molar-refractivity contribution is 7.98. The highest BCUT2D eigenvalue weighted by Gasteiger charge is 2.19. The number of rotatable bonds is 4. The van der Waals surface area contributed by atoms with E-state index in [1.807, 2.05) is 6.26 Å². The van der Waals surface area contributed by atoms with Gasteiger partial charge in [-0.3, -0.25) is 9.78 Å². The van der Waals surface area contributed by atoms with Crippen molar-refractivity contribution in [3.63, 3.8) is 0 Å². The van der Waals surface area contributed by atoms with Crippen LogP contribution in [0.3, 0.4) is 0 Å². The van der Waals surface area contributed by atoms with E-state index in [0.29, 0.717) is 11.5 Å². The lowest BCUT2D eigenvalue weighted by Crippen LogP contribution is -2.36. The summed E-state index contributed by atoms with van der Waals surface area (Å²) < 4.78 is 0. The van der Waals surface area contributed by atoms with Crippen molar-refractivity contribution in [3.8, 4) is 10.7 Å². The third-order valence-corrected chi connectivity index (χ3v) is 5.13.